The van der Waals surface area contributed by atoms with Crippen molar-refractivity contribution in [3.8, 4) is 11.5 Å². The highest BCUT2D eigenvalue weighted by molar-refractivity contribution is 5.92. The summed E-state index contributed by atoms with van der Waals surface area (Å²) >= 11 is 0. The number of hydrogen-bond acceptors (Lipinski definition) is 5. The molecule has 0 fully saturated rings. The van der Waals surface area contributed by atoms with Crippen LogP contribution < -0.4 is 14.8 Å². The number of nitrogens with one attached hydrogen (secondary N) is 1. The van der Waals surface area contributed by atoms with Crippen LogP contribution in [0.15, 0.2) is 29.8 Å². The Balaban J connectivity index is 1.84. The van der Waals surface area contributed by atoms with Gasteiger partial charge in [0.2, 0.25) is 0 Å². The molecule has 1 aliphatic rings. The van der Waals surface area contributed by atoms with Gasteiger partial charge in [-0.15, -0.1) is 0 Å². The first kappa shape index (κ1) is 20.8. The van der Waals surface area contributed by atoms with E-state index < -0.39 is 12.1 Å². The van der Waals surface area contributed by atoms with Gasteiger partial charge in [-0.2, -0.15) is 0 Å². The van der Waals surface area contributed by atoms with Gasteiger partial charge >= 0.3 is 5.97 Å². The van der Waals surface area contributed by atoms with E-state index in [2.05, 4.69) is 11.4 Å². The van der Waals surface area contributed by atoms with Crippen LogP contribution in [0, 0.1) is 0 Å². The predicted octanol–water partition coefficient (Wildman–Crippen LogP) is 3.65. The summed E-state index contributed by atoms with van der Waals surface area (Å²) in [6.45, 7) is 4.49. The second-order valence-corrected chi connectivity index (χ2v) is 6.50. The molecule has 1 amide bonds. The van der Waals surface area contributed by atoms with Gasteiger partial charge < -0.3 is 19.5 Å². The maximum Gasteiger partial charge on any atom is 0.339 e. The van der Waals surface area contributed by atoms with Crippen molar-refractivity contribution in [1.82, 2.24) is 5.32 Å². The van der Waals surface area contributed by atoms with Crippen LogP contribution in [0.25, 0.3) is 0 Å². The minimum absolute atomic E-state index is 0.294. The smallest absolute Gasteiger partial charge is 0.339 e. The summed E-state index contributed by atoms with van der Waals surface area (Å²) in [4.78, 5) is 24.5. The van der Waals surface area contributed by atoms with E-state index in [1.807, 2.05) is 6.92 Å². The summed E-state index contributed by atoms with van der Waals surface area (Å²) in [6.07, 6.45) is 6.96. The van der Waals surface area contributed by atoms with E-state index in [9.17, 15) is 9.59 Å². The van der Waals surface area contributed by atoms with Crippen molar-refractivity contribution in [2.24, 2.45) is 0 Å². The van der Waals surface area contributed by atoms with Crippen molar-refractivity contribution in [3.05, 3.63) is 35.4 Å². The molecular weight excluding hydrogens is 346 g/mol. The Hall–Kier alpha value is -2.50. The van der Waals surface area contributed by atoms with Gasteiger partial charge in [-0.3, -0.25) is 4.79 Å². The van der Waals surface area contributed by atoms with Crippen molar-refractivity contribution in [1.29, 1.82) is 0 Å². The Kier molecular flexibility index (Phi) is 8.17. The average Bonchev–Trinajstić information content (AvgIpc) is 2.69. The van der Waals surface area contributed by atoms with E-state index in [0.29, 0.717) is 30.2 Å². The number of amides is 1. The van der Waals surface area contributed by atoms with E-state index in [0.717, 1.165) is 19.3 Å². The Bertz CT molecular complexity index is 683. The number of methoxy groups -OCH3 is 1. The maximum atomic E-state index is 12.3. The third-order valence-corrected chi connectivity index (χ3v) is 4.48. The Morgan fingerprint density at radius 3 is 2.70 bits per heavy atom. The number of carbonyl (C=O) groups excluding carboxylic acids is 2. The molecule has 27 heavy (non-hydrogen) atoms. The van der Waals surface area contributed by atoms with Gasteiger partial charge in [-0.05, 0) is 64.2 Å². The van der Waals surface area contributed by atoms with Gasteiger partial charge in [0.05, 0.1) is 19.3 Å². The van der Waals surface area contributed by atoms with Crippen LogP contribution in [0.5, 0.6) is 11.5 Å². The second-order valence-electron chi connectivity index (χ2n) is 6.50. The quantitative estimate of drug-likeness (QED) is 0.527. The minimum Gasteiger partial charge on any atom is -0.493 e. The van der Waals surface area contributed by atoms with Crippen LogP contribution in [0.3, 0.4) is 0 Å². The molecule has 0 unspecified atom stereocenters. The highest BCUT2D eigenvalue weighted by Crippen LogP contribution is 2.28. The van der Waals surface area contributed by atoms with Gasteiger partial charge in [-0.1, -0.05) is 11.6 Å². The zero-order valence-corrected chi connectivity index (χ0v) is 16.4. The zero-order chi connectivity index (χ0) is 19.6. The summed E-state index contributed by atoms with van der Waals surface area (Å²) in [6, 6.07) is 4.80. The molecule has 1 aromatic rings. The number of carbonyl (C=O) groups is 2. The van der Waals surface area contributed by atoms with Crippen molar-refractivity contribution in [2.75, 3.05) is 20.3 Å². The largest absolute Gasteiger partial charge is 0.493 e. The Morgan fingerprint density at radius 2 is 2.04 bits per heavy atom. The molecule has 0 spiro atoms. The molecule has 0 saturated carbocycles. The first-order valence-electron chi connectivity index (χ1n) is 9.52. The molecular formula is C21H29NO5. The minimum atomic E-state index is -0.865. The normalized spacial score (nSPS) is 14.7. The average molecular weight is 375 g/mol. The molecule has 148 valence electrons. The molecule has 1 N–H and O–H groups in total. The first-order valence-corrected chi connectivity index (χ1v) is 9.52. The fraction of sp³-hybridized carbons (Fsp3) is 0.524. The SMILES string of the molecule is CCOc1ccc(C(=O)O[C@H](C)C(=O)NCCC2=CCCCC2)cc1OC. The molecule has 6 nitrogen and oxygen atoms in total. The monoisotopic (exact) mass is 375 g/mol. The van der Waals surface area contributed by atoms with E-state index in [-0.39, 0.29) is 5.91 Å². The van der Waals surface area contributed by atoms with Crippen LogP contribution in [-0.4, -0.2) is 38.2 Å². The lowest BCUT2D eigenvalue weighted by Gasteiger charge is -2.16. The van der Waals surface area contributed by atoms with Gasteiger partial charge in [-0.25, -0.2) is 4.79 Å². The molecule has 0 radical (unpaired) electrons. The summed E-state index contributed by atoms with van der Waals surface area (Å²) in [5.41, 5.74) is 1.70. The molecule has 2 rings (SSSR count). The number of rotatable bonds is 9. The van der Waals surface area contributed by atoms with E-state index in [1.54, 1.807) is 25.1 Å². The Labute approximate surface area is 160 Å². The van der Waals surface area contributed by atoms with Gasteiger partial charge in [0, 0.05) is 6.54 Å². The lowest BCUT2D eigenvalue weighted by Crippen LogP contribution is -2.36. The third kappa shape index (κ3) is 6.31. The fourth-order valence-electron chi connectivity index (χ4n) is 2.97. The number of allylic oxidation sites excluding steroid dienone is 1. The second kappa shape index (κ2) is 10.6. The molecule has 1 atom stereocenters. The molecule has 1 aliphatic carbocycles. The van der Waals surface area contributed by atoms with Crippen molar-refractivity contribution < 1.29 is 23.8 Å². The Morgan fingerprint density at radius 1 is 1.22 bits per heavy atom. The van der Waals surface area contributed by atoms with Gasteiger partial charge in [0.25, 0.3) is 5.91 Å². The van der Waals surface area contributed by atoms with E-state index in [4.69, 9.17) is 14.2 Å². The molecule has 6 heteroatoms. The maximum absolute atomic E-state index is 12.3. The van der Waals surface area contributed by atoms with Crippen LogP contribution in [-0.2, 0) is 9.53 Å². The van der Waals surface area contributed by atoms with E-state index in [1.165, 1.54) is 25.5 Å². The van der Waals surface area contributed by atoms with Crippen LogP contribution in [0.2, 0.25) is 0 Å². The van der Waals surface area contributed by atoms with Gasteiger partial charge in [0.1, 0.15) is 0 Å². The van der Waals surface area contributed by atoms with Crippen molar-refractivity contribution in [3.63, 3.8) is 0 Å². The third-order valence-electron chi connectivity index (χ3n) is 4.48. The number of benzene rings is 1. The van der Waals surface area contributed by atoms with Crippen LogP contribution in [0.4, 0.5) is 0 Å². The highest BCUT2D eigenvalue weighted by atomic mass is 16.5. The molecule has 0 aliphatic heterocycles. The number of hydrogen-bond donors (Lipinski definition) is 1. The number of ether oxygens (including phenoxy) is 3. The van der Waals surface area contributed by atoms with Gasteiger partial charge in [0.15, 0.2) is 17.6 Å². The lowest BCUT2D eigenvalue weighted by atomic mass is 9.97. The lowest BCUT2D eigenvalue weighted by molar-refractivity contribution is -0.129. The summed E-state index contributed by atoms with van der Waals surface area (Å²) in [5, 5.41) is 2.83. The topological polar surface area (TPSA) is 73.9 Å². The van der Waals surface area contributed by atoms with Crippen molar-refractivity contribution >= 4 is 11.9 Å². The summed E-state index contributed by atoms with van der Waals surface area (Å²) < 4.78 is 15.9. The first-order chi connectivity index (χ1) is 13.0. The molecule has 0 bridgehead atoms. The molecule has 0 aromatic heterocycles. The molecule has 0 heterocycles. The van der Waals surface area contributed by atoms with Crippen LogP contribution >= 0.6 is 0 Å². The van der Waals surface area contributed by atoms with E-state index >= 15 is 0 Å². The molecule has 0 saturated heterocycles. The zero-order valence-electron chi connectivity index (χ0n) is 16.4. The predicted molar refractivity (Wildman–Crippen MR) is 103 cm³/mol. The number of esters is 1. The van der Waals surface area contributed by atoms with Crippen LogP contribution in [0.1, 0.15) is 56.3 Å². The standard InChI is InChI=1S/C21H29NO5/c1-4-26-18-11-10-17(14-19(18)25-3)21(24)27-15(2)20(23)22-13-12-16-8-6-5-7-9-16/h8,10-11,14-15H,4-7,9,12-13H2,1-3H3,(H,22,23)/t15-/m1/s1. The fourth-order valence-corrected chi connectivity index (χ4v) is 2.97. The summed E-state index contributed by atoms with van der Waals surface area (Å²) in [7, 11) is 1.50. The highest BCUT2D eigenvalue weighted by Gasteiger charge is 2.20. The summed E-state index contributed by atoms with van der Waals surface area (Å²) in [5.74, 6) is 0.134. The molecule has 1 aromatic carbocycles. The van der Waals surface area contributed by atoms with Crippen molar-refractivity contribution in [2.45, 2.75) is 52.1 Å².